The number of rotatable bonds is 1. The van der Waals surface area contributed by atoms with Crippen LogP contribution >= 0.6 is 0 Å². The quantitative estimate of drug-likeness (QED) is 0.470. The molecule has 0 saturated carbocycles. The van der Waals surface area contributed by atoms with Crippen LogP contribution in [0.4, 0.5) is 0 Å². The molecule has 0 radical (unpaired) electrons. The van der Waals surface area contributed by atoms with E-state index in [9.17, 15) is 0 Å². The number of hydrogen-bond donors (Lipinski definition) is 0. The molecule has 0 aliphatic rings. The van der Waals surface area contributed by atoms with Crippen LogP contribution in [0.15, 0.2) is 0 Å². The molecule has 0 amide bonds. The van der Waals surface area contributed by atoms with Crippen LogP contribution in [0.5, 0.6) is 0 Å². The molecule has 0 aliphatic carbocycles. The van der Waals surface area contributed by atoms with E-state index in [0.29, 0.717) is 6.61 Å². The zero-order valence-electron chi connectivity index (χ0n) is 2.45. The van der Waals surface area contributed by atoms with Crippen molar-refractivity contribution < 1.29 is 19.9 Å². The van der Waals surface area contributed by atoms with Crippen LogP contribution in [0, 0.1) is 0 Å². The second-order valence-corrected chi connectivity index (χ2v) is 0.685. The Morgan fingerprint density at radius 2 is 2.25 bits per heavy atom. The summed E-state index contributed by atoms with van der Waals surface area (Å²) < 4.78 is 4.23. The Hall–Kier alpha value is 0.466. The third-order valence-electron chi connectivity index (χ3n) is 0.0962. The Labute approximate surface area is 34.2 Å². The van der Waals surface area contributed by atoms with Gasteiger partial charge in [-0.05, 0) is 0 Å². The summed E-state index contributed by atoms with van der Waals surface area (Å²) in [5.74, 6) is 0. The van der Waals surface area contributed by atoms with Crippen molar-refractivity contribution in [1.82, 2.24) is 0 Å². The molecular weight excluding hydrogens is 99.0 g/mol. The molecule has 0 saturated heterocycles. The van der Waals surface area contributed by atoms with Gasteiger partial charge in [0.25, 0.3) is 0 Å². The molecule has 0 rings (SSSR count). The Morgan fingerprint density at radius 1 is 2.00 bits per heavy atom. The van der Waals surface area contributed by atoms with Crippen molar-refractivity contribution in [3.8, 4) is 0 Å². The molecule has 0 aliphatic heterocycles. The molecule has 1 nitrogen and oxygen atoms in total. The molecule has 0 heterocycles. The van der Waals surface area contributed by atoms with Gasteiger partial charge in [0.05, 0.1) is 0 Å². The SMILES string of the molecule is CC[O][Co]. The van der Waals surface area contributed by atoms with Crippen molar-refractivity contribution in [2.75, 3.05) is 6.61 Å². The molecule has 28 valence electrons. The molecule has 2 heteroatoms. The van der Waals surface area contributed by atoms with Crippen molar-refractivity contribution in [2.24, 2.45) is 0 Å². The van der Waals surface area contributed by atoms with E-state index in [1.807, 2.05) is 6.92 Å². The summed E-state index contributed by atoms with van der Waals surface area (Å²) in [5, 5.41) is 0. The van der Waals surface area contributed by atoms with E-state index >= 15 is 0 Å². The van der Waals surface area contributed by atoms with Gasteiger partial charge in [0.2, 0.25) is 0 Å². The van der Waals surface area contributed by atoms with Gasteiger partial charge in [-0.2, -0.15) is 0 Å². The van der Waals surface area contributed by atoms with Crippen molar-refractivity contribution in [3.05, 3.63) is 0 Å². The molecule has 0 aromatic heterocycles. The molecule has 4 heavy (non-hydrogen) atoms. The van der Waals surface area contributed by atoms with Gasteiger partial charge in [-0.3, -0.25) is 0 Å². The summed E-state index contributed by atoms with van der Waals surface area (Å²) in [6.45, 7) is 2.56. The minimum atomic E-state index is 0.681. The monoisotopic (exact) mass is 104 g/mol. The molecule has 0 aromatic rings. The van der Waals surface area contributed by atoms with E-state index in [0.717, 1.165) is 0 Å². The normalized spacial score (nSPS) is 7.75. The van der Waals surface area contributed by atoms with Crippen molar-refractivity contribution in [3.63, 3.8) is 0 Å². The Bertz CT molecular complexity index is 8.00. The van der Waals surface area contributed by atoms with E-state index < -0.39 is 0 Å². The second-order valence-electron chi connectivity index (χ2n) is 0.385. The van der Waals surface area contributed by atoms with Crippen LogP contribution in [-0.4, -0.2) is 6.61 Å². The first-order chi connectivity index (χ1) is 1.91. The number of hydrogen-bond acceptors (Lipinski definition) is 1. The summed E-state index contributed by atoms with van der Waals surface area (Å²) in [7, 11) is 0. The predicted octanol–water partition coefficient (Wildman–Crippen LogP) is 0.485. The molecule has 0 aromatic carbocycles. The summed E-state index contributed by atoms with van der Waals surface area (Å²) in [4.78, 5) is 0. The first-order valence-corrected chi connectivity index (χ1v) is 1.56. The molecule has 0 spiro atoms. The van der Waals surface area contributed by atoms with Crippen molar-refractivity contribution in [2.45, 2.75) is 6.92 Å². The van der Waals surface area contributed by atoms with Crippen LogP contribution < -0.4 is 0 Å². The van der Waals surface area contributed by atoms with E-state index in [4.69, 9.17) is 0 Å². The molecule has 0 fully saturated rings. The fourth-order valence-electron chi connectivity index (χ4n) is 0. The average molecular weight is 104 g/mol. The second kappa shape index (κ2) is 3.47. The van der Waals surface area contributed by atoms with Gasteiger partial charge >= 0.3 is 33.4 Å². The maximum absolute atomic E-state index is 4.23. The zero-order valence-corrected chi connectivity index (χ0v) is 3.49. The van der Waals surface area contributed by atoms with Crippen LogP contribution in [0.1, 0.15) is 6.92 Å². The van der Waals surface area contributed by atoms with Gasteiger partial charge in [0.15, 0.2) is 0 Å². The molecule has 0 atom stereocenters. The van der Waals surface area contributed by atoms with Crippen LogP contribution in [-0.2, 0) is 19.9 Å². The summed E-state index contributed by atoms with van der Waals surface area (Å²) in [6.07, 6.45) is 0. The summed E-state index contributed by atoms with van der Waals surface area (Å²) in [5.41, 5.74) is 0. The van der Waals surface area contributed by atoms with E-state index in [1.165, 1.54) is 0 Å². The third-order valence-corrected chi connectivity index (χ3v) is 0.397. The van der Waals surface area contributed by atoms with Gasteiger partial charge in [0, 0.05) is 0 Å². The fourth-order valence-corrected chi connectivity index (χ4v) is 0. The summed E-state index contributed by atoms with van der Waals surface area (Å²) in [6, 6.07) is 0. The Morgan fingerprint density at radius 3 is 2.25 bits per heavy atom. The van der Waals surface area contributed by atoms with E-state index in [1.54, 1.807) is 0 Å². The van der Waals surface area contributed by atoms with Gasteiger partial charge in [-0.15, -0.1) is 0 Å². The first kappa shape index (κ1) is 4.47. The predicted molar refractivity (Wildman–Crippen MR) is 11.6 cm³/mol. The van der Waals surface area contributed by atoms with Crippen LogP contribution in [0.2, 0.25) is 0 Å². The topological polar surface area (TPSA) is 9.23 Å². The minimum absolute atomic E-state index is 0.681. The zero-order chi connectivity index (χ0) is 3.41. The van der Waals surface area contributed by atoms with E-state index in [2.05, 4.69) is 19.9 Å². The van der Waals surface area contributed by atoms with Gasteiger partial charge in [-0.25, -0.2) is 0 Å². The van der Waals surface area contributed by atoms with Crippen molar-refractivity contribution >= 4 is 0 Å². The van der Waals surface area contributed by atoms with Crippen LogP contribution in [0.25, 0.3) is 0 Å². The Balaban J connectivity index is 1.97. The fraction of sp³-hybridized carbons (Fsp3) is 1.00. The molecule has 0 unspecified atom stereocenters. The first-order valence-electron chi connectivity index (χ1n) is 1.13. The van der Waals surface area contributed by atoms with Gasteiger partial charge in [-0.1, -0.05) is 0 Å². The van der Waals surface area contributed by atoms with Crippen LogP contribution in [0.3, 0.4) is 0 Å². The van der Waals surface area contributed by atoms with Crippen molar-refractivity contribution in [1.29, 1.82) is 0 Å². The molecule has 0 N–H and O–H groups in total. The van der Waals surface area contributed by atoms with Gasteiger partial charge < -0.3 is 0 Å². The maximum atomic E-state index is 4.23. The standard InChI is InChI=1S/C2H5O.Co/c1-2-3;/h2H2,1H3;/q-1;+1. The Kier molecular flexibility index (Phi) is 3.87. The molecular formula is C2H5CoO. The van der Waals surface area contributed by atoms with E-state index in [-0.39, 0.29) is 0 Å². The average Bonchev–Trinajstić information content (AvgIpc) is 1.37. The van der Waals surface area contributed by atoms with Gasteiger partial charge in [0.1, 0.15) is 0 Å². The molecule has 0 bridgehead atoms. The third kappa shape index (κ3) is 2.47. The summed E-state index contributed by atoms with van der Waals surface area (Å²) >= 11 is 3.46.